The third-order valence-electron chi connectivity index (χ3n) is 7.42. The van der Waals surface area contributed by atoms with Gasteiger partial charge in [-0.15, -0.1) is 0 Å². The second-order valence-corrected chi connectivity index (χ2v) is 10.7. The lowest BCUT2D eigenvalue weighted by molar-refractivity contribution is -0.129. The van der Waals surface area contributed by atoms with Gasteiger partial charge in [0.1, 0.15) is 0 Å². The van der Waals surface area contributed by atoms with Gasteiger partial charge in [0.25, 0.3) is 0 Å². The third-order valence-corrected chi connectivity index (χ3v) is 7.42. The smallest absolute Gasteiger partial charge is 0.223 e. The highest BCUT2D eigenvalue weighted by molar-refractivity contribution is 5.79. The zero-order valence-electron chi connectivity index (χ0n) is 21.1. The molecule has 2 rings (SSSR count). The monoisotopic (exact) mass is 422 g/mol. The van der Waals surface area contributed by atoms with Gasteiger partial charge in [0.15, 0.2) is 0 Å². The average molecular weight is 423 g/mol. The van der Waals surface area contributed by atoms with Crippen molar-refractivity contribution in [2.45, 2.75) is 93.9 Å². The minimum atomic E-state index is 0.258. The van der Waals surface area contributed by atoms with Gasteiger partial charge in [-0.25, -0.2) is 0 Å². The number of hydrogen-bond acceptors (Lipinski definition) is 2. The molecular formula is C26H50N2O2. The molecule has 2 aliphatic rings. The first kappa shape index (κ1) is 27.0. The predicted octanol–water partition coefficient (Wildman–Crippen LogP) is 5.66. The van der Waals surface area contributed by atoms with E-state index in [-0.39, 0.29) is 23.7 Å². The fourth-order valence-corrected chi connectivity index (χ4v) is 5.62. The van der Waals surface area contributed by atoms with E-state index in [1.807, 2.05) is 13.8 Å². The van der Waals surface area contributed by atoms with Crippen LogP contribution in [0.5, 0.6) is 0 Å². The molecule has 6 atom stereocenters. The Balaban J connectivity index is 0.000000300. The topological polar surface area (TPSA) is 58.2 Å². The number of hydrogen-bond donors (Lipinski definition) is 2. The molecule has 2 saturated carbocycles. The van der Waals surface area contributed by atoms with E-state index in [1.165, 1.54) is 25.7 Å². The summed E-state index contributed by atoms with van der Waals surface area (Å²) in [7, 11) is 0. The van der Waals surface area contributed by atoms with Crippen molar-refractivity contribution in [3.05, 3.63) is 0 Å². The first-order chi connectivity index (χ1) is 14.1. The molecule has 0 aromatic carbocycles. The molecule has 30 heavy (non-hydrogen) atoms. The van der Waals surface area contributed by atoms with Crippen LogP contribution in [-0.4, -0.2) is 24.9 Å². The highest BCUT2D eigenvalue weighted by Crippen LogP contribution is 2.39. The lowest BCUT2D eigenvalue weighted by Gasteiger charge is -2.36. The van der Waals surface area contributed by atoms with Crippen LogP contribution in [-0.2, 0) is 9.59 Å². The SMILES string of the molecule is CCNC(=O)C1CC(C)CCC1C(C)C.CCNC(=O)[C@@H]1C[C@H](C)CC[C@H]1C(C)C. The maximum Gasteiger partial charge on any atom is 0.223 e. The summed E-state index contributed by atoms with van der Waals surface area (Å²) in [5, 5.41) is 5.96. The molecule has 0 spiro atoms. The molecule has 0 saturated heterocycles. The predicted molar refractivity (Wildman–Crippen MR) is 127 cm³/mol. The normalized spacial score (nSPS) is 31.7. The molecule has 2 N–H and O–H groups in total. The van der Waals surface area contributed by atoms with Crippen molar-refractivity contribution in [3.8, 4) is 0 Å². The van der Waals surface area contributed by atoms with Gasteiger partial charge in [0.2, 0.25) is 11.8 Å². The Morgan fingerprint density at radius 2 is 1.03 bits per heavy atom. The molecule has 2 aliphatic carbocycles. The molecular weight excluding hydrogens is 372 g/mol. The Kier molecular flexibility index (Phi) is 12.0. The Hall–Kier alpha value is -1.06. The zero-order chi connectivity index (χ0) is 22.8. The largest absolute Gasteiger partial charge is 0.356 e. The summed E-state index contributed by atoms with van der Waals surface area (Å²) in [6.45, 7) is 19.0. The van der Waals surface area contributed by atoms with Crippen molar-refractivity contribution in [1.29, 1.82) is 0 Å². The van der Waals surface area contributed by atoms with Gasteiger partial charge in [-0.3, -0.25) is 9.59 Å². The second kappa shape index (κ2) is 13.4. The molecule has 4 nitrogen and oxygen atoms in total. The van der Waals surface area contributed by atoms with Crippen molar-refractivity contribution in [1.82, 2.24) is 10.6 Å². The highest BCUT2D eigenvalue weighted by atomic mass is 16.2. The molecule has 2 fully saturated rings. The van der Waals surface area contributed by atoms with Crippen molar-refractivity contribution in [2.75, 3.05) is 13.1 Å². The standard InChI is InChI=1S/2C13H25NO/c2*1-5-14-13(15)12-8-10(4)6-7-11(12)9(2)3/h2*9-12H,5-8H2,1-4H3,(H,14,15)/t10-,11+,12-;/m1./s1. The first-order valence-corrected chi connectivity index (χ1v) is 12.7. The van der Waals surface area contributed by atoms with E-state index >= 15 is 0 Å². The lowest BCUT2D eigenvalue weighted by Crippen LogP contribution is -2.40. The molecule has 3 unspecified atom stereocenters. The molecule has 176 valence electrons. The van der Waals surface area contributed by atoms with Crippen LogP contribution in [0.2, 0.25) is 0 Å². The summed E-state index contributed by atoms with van der Waals surface area (Å²) in [5.74, 6) is 4.95. The fraction of sp³-hybridized carbons (Fsp3) is 0.923. The summed E-state index contributed by atoms with van der Waals surface area (Å²) >= 11 is 0. The number of nitrogens with one attached hydrogen (secondary N) is 2. The third kappa shape index (κ3) is 8.23. The summed E-state index contributed by atoms with van der Waals surface area (Å²) in [5.41, 5.74) is 0. The summed E-state index contributed by atoms with van der Waals surface area (Å²) in [4.78, 5) is 23.9. The molecule has 0 bridgehead atoms. The fourth-order valence-electron chi connectivity index (χ4n) is 5.62. The minimum absolute atomic E-state index is 0.258. The van der Waals surface area contributed by atoms with Gasteiger partial charge in [0.05, 0.1) is 0 Å². The van der Waals surface area contributed by atoms with Crippen LogP contribution >= 0.6 is 0 Å². The van der Waals surface area contributed by atoms with Crippen LogP contribution < -0.4 is 10.6 Å². The number of carbonyl (C=O) groups excluding carboxylic acids is 2. The lowest BCUT2D eigenvalue weighted by atomic mass is 9.70. The van der Waals surface area contributed by atoms with Crippen LogP contribution in [0.1, 0.15) is 93.9 Å². The van der Waals surface area contributed by atoms with Gasteiger partial charge in [0, 0.05) is 24.9 Å². The molecule has 0 heterocycles. The molecule has 0 radical (unpaired) electrons. The van der Waals surface area contributed by atoms with Gasteiger partial charge >= 0.3 is 0 Å². The molecule has 0 aromatic rings. The van der Waals surface area contributed by atoms with E-state index in [2.05, 4.69) is 52.2 Å². The van der Waals surface area contributed by atoms with Crippen molar-refractivity contribution in [3.63, 3.8) is 0 Å². The Labute approximate surface area is 186 Å². The quantitative estimate of drug-likeness (QED) is 0.580. The van der Waals surface area contributed by atoms with Gasteiger partial charge in [-0.1, -0.05) is 54.4 Å². The molecule has 4 heteroatoms. The number of carbonyl (C=O) groups is 2. The minimum Gasteiger partial charge on any atom is -0.356 e. The van der Waals surface area contributed by atoms with E-state index in [4.69, 9.17) is 0 Å². The summed E-state index contributed by atoms with van der Waals surface area (Å²) in [6.07, 6.45) is 7.18. The van der Waals surface area contributed by atoms with Crippen LogP contribution in [0.4, 0.5) is 0 Å². The van der Waals surface area contributed by atoms with Crippen LogP contribution in [0.15, 0.2) is 0 Å². The Morgan fingerprint density at radius 3 is 1.30 bits per heavy atom. The molecule has 0 aliphatic heterocycles. The summed E-state index contributed by atoms with van der Waals surface area (Å²) in [6, 6.07) is 0. The number of rotatable bonds is 6. The highest BCUT2D eigenvalue weighted by Gasteiger charge is 2.35. The van der Waals surface area contributed by atoms with Gasteiger partial charge in [-0.2, -0.15) is 0 Å². The van der Waals surface area contributed by atoms with Crippen LogP contribution in [0.3, 0.4) is 0 Å². The van der Waals surface area contributed by atoms with E-state index in [9.17, 15) is 9.59 Å². The number of amides is 2. The van der Waals surface area contributed by atoms with Gasteiger partial charge < -0.3 is 10.6 Å². The first-order valence-electron chi connectivity index (χ1n) is 12.7. The van der Waals surface area contributed by atoms with Gasteiger partial charge in [-0.05, 0) is 75.0 Å². The van der Waals surface area contributed by atoms with E-state index in [0.29, 0.717) is 35.5 Å². The van der Waals surface area contributed by atoms with E-state index in [0.717, 1.165) is 25.9 Å². The van der Waals surface area contributed by atoms with Crippen LogP contribution in [0, 0.1) is 47.3 Å². The Morgan fingerprint density at radius 1 is 0.700 bits per heavy atom. The van der Waals surface area contributed by atoms with E-state index < -0.39 is 0 Å². The van der Waals surface area contributed by atoms with Crippen LogP contribution in [0.25, 0.3) is 0 Å². The summed E-state index contributed by atoms with van der Waals surface area (Å²) < 4.78 is 0. The van der Waals surface area contributed by atoms with Crippen molar-refractivity contribution < 1.29 is 9.59 Å². The van der Waals surface area contributed by atoms with Crippen molar-refractivity contribution in [2.24, 2.45) is 47.3 Å². The van der Waals surface area contributed by atoms with Crippen molar-refractivity contribution >= 4 is 11.8 Å². The zero-order valence-corrected chi connectivity index (χ0v) is 21.1. The Bertz CT molecular complexity index is 471. The molecule has 2 amide bonds. The average Bonchev–Trinajstić information content (AvgIpc) is 2.68. The second-order valence-electron chi connectivity index (χ2n) is 10.7. The maximum absolute atomic E-state index is 11.9. The van der Waals surface area contributed by atoms with E-state index in [1.54, 1.807) is 0 Å². The molecule has 0 aromatic heterocycles. The maximum atomic E-state index is 11.9.